The Morgan fingerprint density at radius 3 is 2.52 bits per heavy atom. The molecule has 124 valence electrons. The fourth-order valence-corrected chi connectivity index (χ4v) is 3.37. The molecule has 1 aromatic carbocycles. The quantitative estimate of drug-likeness (QED) is 0.938. The molecule has 1 fully saturated rings. The third-order valence-corrected chi connectivity index (χ3v) is 4.53. The number of amides is 1. The summed E-state index contributed by atoms with van der Waals surface area (Å²) in [6, 6.07) is 12.2. The first kappa shape index (κ1) is 17.6. The highest BCUT2D eigenvalue weighted by molar-refractivity contribution is 5.95. The molecule has 3 rings (SSSR count). The van der Waals surface area contributed by atoms with Crippen LogP contribution in [-0.4, -0.2) is 30.4 Å². The summed E-state index contributed by atoms with van der Waals surface area (Å²) >= 11 is 0. The van der Waals surface area contributed by atoms with Gasteiger partial charge in [0.15, 0.2) is 0 Å². The summed E-state index contributed by atoms with van der Waals surface area (Å²) in [6.45, 7) is 5.72. The van der Waals surface area contributed by atoms with E-state index in [9.17, 15) is 4.79 Å². The molecule has 0 unspecified atom stereocenters. The zero-order valence-electron chi connectivity index (χ0n) is 13.5. The van der Waals surface area contributed by atoms with Crippen LogP contribution in [0.3, 0.4) is 0 Å². The topological polar surface area (TPSA) is 59.5 Å². The van der Waals surface area contributed by atoms with Crippen molar-refractivity contribution in [2.24, 2.45) is 11.7 Å². The van der Waals surface area contributed by atoms with Crippen LogP contribution in [0.25, 0.3) is 0 Å². The van der Waals surface area contributed by atoms with Gasteiger partial charge in [0.25, 0.3) is 5.91 Å². The van der Waals surface area contributed by atoms with Crippen molar-refractivity contribution in [3.05, 3.63) is 59.0 Å². The fourth-order valence-electron chi connectivity index (χ4n) is 3.37. The number of benzene rings is 1. The lowest BCUT2D eigenvalue weighted by atomic mass is 9.89. The third-order valence-electron chi connectivity index (χ3n) is 4.53. The molecular weight excluding hydrogens is 312 g/mol. The van der Waals surface area contributed by atoms with Gasteiger partial charge in [-0.3, -0.25) is 4.79 Å². The molecule has 0 bridgehead atoms. The minimum Gasteiger partial charge on any atom is -0.466 e. The van der Waals surface area contributed by atoms with Crippen LogP contribution >= 0.6 is 12.4 Å². The van der Waals surface area contributed by atoms with Crippen molar-refractivity contribution in [2.45, 2.75) is 19.8 Å². The van der Waals surface area contributed by atoms with Gasteiger partial charge in [0.05, 0.1) is 5.56 Å². The van der Waals surface area contributed by atoms with E-state index in [1.165, 1.54) is 5.56 Å². The average molecular weight is 335 g/mol. The highest BCUT2D eigenvalue weighted by atomic mass is 35.5. The standard InChI is InChI=1S/C18H22N2O2.ClH/c1-12-8-16(13(2)22-12)18(21)20-10-15(9-19)17(11-20)14-6-4-3-5-7-14;/h3-8,15,17H,9-11,19H2,1-2H3;1H/t15-,17+;/m1./s1. The first-order chi connectivity index (χ1) is 10.6. The van der Waals surface area contributed by atoms with E-state index in [-0.39, 0.29) is 18.3 Å². The van der Waals surface area contributed by atoms with Crippen LogP contribution < -0.4 is 5.73 Å². The van der Waals surface area contributed by atoms with E-state index >= 15 is 0 Å². The van der Waals surface area contributed by atoms with Crippen molar-refractivity contribution in [3.63, 3.8) is 0 Å². The predicted octanol–water partition coefficient (Wildman–Crippen LogP) is 3.13. The Kier molecular flexibility index (Phi) is 5.50. The summed E-state index contributed by atoms with van der Waals surface area (Å²) in [5, 5.41) is 0. The normalized spacial score (nSPS) is 20.4. The van der Waals surface area contributed by atoms with Gasteiger partial charge in [-0.15, -0.1) is 12.4 Å². The summed E-state index contributed by atoms with van der Waals surface area (Å²) in [5.74, 6) is 2.12. The number of hydrogen-bond acceptors (Lipinski definition) is 3. The highest BCUT2D eigenvalue weighted by Crippen LogP contribution is 2.33. The Hall–Kier alpha value is -1.78. The summed E-state index contributed by atoms with van der Waals surface area (Å²) in [6.07, 6.45) is 0. The van der Waals surface area contributed by atoms with Gasteiger partial charge in [-0.25, -0.2) is 0 Å². The van der Waals surface area contributed by atoms with Crippen molar-refractivity contribution < 1.29 is 9.21 Å². The predicted molar refractivity (Wildman–Crippen MR) is 93.1 cm³/mol. The summed E-state index contributed by atoms with van der Waals surface area (Å²) in [5.41, 5.74) is 7.87. The van der Waals surface area contributed by atoms with Crippen LogP contribution in [0.1, 0.15) is 33.4 Å². The first-order valence-corrected chi connectivity index (χ1v) is 7.71. The number of nitrogens with zero attached hydrogens (tertiary/aromatic N) is 1. The maximum Gasteiger partial charge on any atom is 0.257 e. The van der Waals surface area contributed by atoms with Crippen LogP contribution in [0.4, 0.5) is 0 Å². The van der Waals surface area contributed by atoms with Crippen LogP contribution in [0.2, 0.25) is 0 Å². The van der Waals surface area contributed by atoms with E-state index < -0.39 is 0 Å². The summed E-state index contributed by atoms with van der Waals surface area (Å²) < 4.78 is 5.49. The van der Waals surface area contributed by atoms with Gasteiger partial charge in [0.1, 0.15) is 11.5 Å². The van der Waals surface area contributed by atoms with E-state index in [1.54, 1.807) is 0 Å². The van der Waals surface area contributed by atoms with Crippen molar-refractivity contribution >= 4 is 18.3 Å². The van der Waals surface area contributed by atoms with E-state index in [0.717, 1.165) is 5.76 Å². The van der Waals surface area contributed by atoms with Gasteiger partial charge in [-0.05, 0) is 37.9 Å². The monoisotopic (exact) mass is 334 g/mol. The molecule has 0 aliphatic carbocycles. The van der Waals surface area contributed by atoms with Gasteiger partial charge < -0.3 is 15.1 Å². The third kappa shape index (κ3) is 3.43. The largest absolute Gasteiger partial charge is 0.466 e. The molecule has 2 aromatic rings. The summed E-state index contributed by atoms with van der Waals surface area (Å²) in [4.78, 5) is 14.7. The molecule has 2 atom stereocenters. The first-order valence-electron chi connectivity index (χ1n) is 7.71. The van der Waals surface area contributed by atoms with Crippen molar-refractivity contribution in [3.8, 4) is 0 Å². The second kappa shape index (κ2) is 7.20. The smallest absolute Gasteiger partial charge is 0.257 e. The lowest BCUT2D eigenvalue weighted by molar-refractivity contribution is 0.0784. The lowest BCUT2D eigenvalue weighted by Crippen LogP contribution is -2.30. The van der Waals surface area contributed by atoms with Crippen molar-refractivity contribution in [1.29, 1.82) is 0 Å². The number of aryl methyl sites for hydroxylation is 2. The Bertz CT molecular complexity index is 669. The van der Waals surface area contributed by atoms with E-state index in [4.69, 9.17) is 10.2 Å². The van der Waals surface area contributed by atoms with Gasteiger partial charge in [-0.1, -0.05) is 30.3 Å². The average Bonchev–Trinajstić information content (AvgIpc) is 3.10. The zero-order chi connectivity index (χ0) is 15.7. The second-order valence-electron chi connectivity index (χ2n) is 6.05. The molecule has 1 aliphatic heterocycles. The molecule has 1 amide bonds. The molecule has 2 heterocycles. The molecule has 1 aromatic heterocycles. The van der Waals surface area contributed by atoms with Gasteiger partial charge in [-0.2, -0.15) is 0 Å². The van der Waals surface area contributed by atoms with E-state index in [0.29, 0.717) is 42.8 Å². The number of rotatable bonds is 3. The Labute approximate surface area is 143 Å². The molecule has 23 heavy (non-hydrogen) atoms. The number of likely N-dealkylation sites (tertiary alicyclic amines) is 1. The van der Waals surface area contributed by atoms with Crippen LogP contribution in [0.5, 0.6) is 0 Å². The Morgan fingerprint density at radius 1 is 1.26 bits per heavy atom. The van der Waals surface area contributed by atoms with E-state index in [2.05, 4.69) is 12.1 Å². The molecule has 4 nitrogen and oxygen atoms in total. The maximum atomic E-state index is 12.7. The zero-order valence-corrected chi connectivity index (χ0v) is 14.3. The van der Waals surface area contributed by atoms with Crippen LogP contribution in [0.15, 0.2) is 40.8 Å². The minimum atomic E-state index is 0. The van der Waals surface area contributed by atoms with Gasteiger partial charge in [0, 0.05) is 19.0 Å². The lowest BCUT2D eigenvalue weighted by Gasteiger charge is -2.16. The molecule has 2 N–H and O–H groups in total. The number of hydrogen-bond donors (Lipinski definition) is 1. The Morgan fingerprint density at radius 2 is 1.96 bits per heavy atom. The molecule has 5 heteroatoms. The Balaban J connectivity index is 0.00000192. The van der Waals surface area contributed by atoms with Crippen LogP contribution in [0, 0.1) is 19.8 Å². The number of carbonyl (C=O) groups excluding carboxylic acids is 1. The molecule has 1 aliphatic rings. The SMILES string of the molecule is Cc1cc(C(=O)N2C[C@@H](CN)[C@H](c3ccccc3)C2)c(C)o1.Cl. The minimum absolute atomic E-state index is 0. The van der Waals surface area contributed by atoms with E-state index in [1.807, 2.05) is 43.0 Å². The summed E-state index contributed by atoms with van der Waals surface area (Å²) in [7, 11) is 0. The van der Waals surface area contributed by atoms with Gasteiger partial charge >= 0.3 is 0 Å². The molecule has 0 saturated carbocycles. The second-order valence-corrected chi connectivity index (χ2v) is 6.05. The number of carbonyl (C=O) groups is 1. The molecule has 0 radical (unpaired) electrons. The fraction of sp³-hybridized carbons (Fsp3) is 0.389. The molecule has 0 spiro atoms. The molecular formula is C18H23ClN2O2. The molecule has 1 saturated heterocycles. The number of halogens is 1. The highest BCUT2D eigenvalue weighted by Gasteiger charge is 2.36. The van der Waals surface area contributed by atoms with Crippen LogP contribution in [-0.2, 0) is 0 Å². The number of nitrogens with two attached hydrogens (primary N) is 1. The maximum absolute atomic E-state index is 12.7. The van der Waals surface area contributed by atoms with Crippen molar-refractivity contribution in [1.82, 2.24) is 4.90 Å². The van der Waals surface area contributed by atoms with Gasteiger partial charge in [0.2, 0.25) is 0 Å². The van der Waals surface area contributed by atoms with Crippen molar-refractivity contribution in [2.75, 3.05) is 19.6 Å². The number of furan rings is 1.